The van der Waals surface area contributed by atoms with Crippen LogP contribution in [0.4, 0.5) is 5.95 Å². The highest BCUT2D eigenvalue weighted by Gasteiger charge is 2.27. The van der Waals surface area contributed by atoms with Gasteiger partial charge in [0.2, 0.25) is 11.9 Å². The predicted octanol–water partition coefficient (Wildman–Crippen LogP) is 1.21. The molecule has 1 aromatic carbocycles. The molecule has 0 atom stereocenters. The summed E-state index contributed by atoms with van der Waals surface area (Å²) in [4.78, 5) is 36.3. The molecule has 0 saturated carbocycles. The van der Waals surface area contributed by atoms with Gasteiger partial charge in [0.15, 0.2) is 0 Å². The molecule has 1 saturated heterocycles. The number of anilines is 1. The van der Waals surface area contributed by atoms with Gasteiger partial charge < -0.3 is 14.8 Å². The number of hydrogen-bond acceptors (Lipinski definition) is 5. The van der Waals surface area contributed by atoms with Gasteiger partial charge in [-0.3, -0.25) is 9.59 Å². The van der Waals surface area contributed by atoms with Crippen LogP contribution in [0.3, 0.4) is 0 Å². The first-order chi connectivity index (χ1) is 12.6. The van der Waals surface area contributed by atoms with E-state index in [4.69, 9.17) is 0 Å². The van der Waals surface area contributed by atoms with Crippen LogP contribution in [-0.2, 0) is 9.59 Å². The highest BCUT2D eigenvalue weighted by Crippen LogP contribution is 2.19. The van der Waals surface area contributed by atoms with Crippen LogP contribution < -0.4 is 4.90 Å². The number of amides is 2. The zero-order chi connectivity index (χ0) is 18.1. The standard InChI is InChI=1S/C18H22N6O2/c1-22-16(25)8-7-15(21-22)17(26)23-9-4-10-24(12-11-23)18-19-13-5-2-3-6-14(13)20-18/h2-3,5-6H,4,7-12H2,1H3,(H,19,20). The first-order valence-electron chi connectivity index (χ1n) is 8.95. The minimum absolute atomic E-state index is 0.0477. The average Bonchev–Trinajstić information content (AvgIpc) is 2.93. The summed E-state index contributed by atoms with van der Waals surface area (Å²) in [5, 5.41) is 5.43. The van der Waals surface area contributed by atoms with Crippen LogP contribution in [0.5, 0.6) is 0 Å². The molecule has 3 heterocycles. The molecule has 2 aliphatic rings. The maximum Gasteiger partial charge on any atom is 0.270 e. The van der Waals surface area contributed by atoms with Gasteiger partial charge in [-0.1, -0.05) is 12.1 Å². The van der Waals surface area contributed by atoms with E-state index in [1.807, 2.05) is 29.2 Å². The highest BCUT2D eigenvalue weighted by molar-refractivity contribution is 6.39. The number of aromatic nitrogens is 2. The van der Waals surface area contributed by atoms with Gasteiger partial charge in [0.05, 0.1) is 11.0 Å². The largest absolute Gasteiger partial charge is 0.341 e. The lowest BCUT2D eigenvalue weighted by molar-refractivity contribution is -0.130. The third-order valence-electron chi connectivity index (χ3n) is 4.91. The molecule has 2 amide bonds. The monoisotopic (exact) mass is 354 g/mol. The van der Waals surface area contributed by atoms with Gasteiger partial charge in [-0.25, -0.2) is 9.99 Å². The van der Waals surface area contributed by atoms with E-state index < -0.39 is 0 Å². The third kappa shape index (κ3) is 3.14. The summed E-state index contributed by atoms with van der Waals surface area (Å²) in [6.07, 6.45) is 1.64. The molecule has 1 fully saturated rings. The Morgan fingerprint density at radius 2 is 1.96 bits per heavy atom. The fourth-order valence-electron chi connectivity index (χ4n) is 3.43. The van der Waals surface area contributed by atoms with Crippen molar-refractivity contribution in [3.05, 3.63) is 24.3 Å². The summed E-state index contributed by atoms with van der Waals surface area (Å²) >= 11 is 0. The Hall–Kier alpha value is -2.90. The molecule has 0 aliphatic carbocycles. The van der Waals surface area contributed by atoms with Crippen molar-refractivity contribution in [2.45, 2.75) is 19.3 Å². The minimum atomic E-state index is -0.0594. The lowest BCUT2D eigenvalue weighted by Gasteiger charge is -2.25. The SMILES string of the molecule is CN1N=C(C(=O)N2CCCN(c3nc4ccccc4[nH]3)CC2)CCC1=O. The first-order valence-corrected chi connectivity index (χ1v) is 8.95. The Balaban J connectivity index is 1.45. The van der Waals surface area contributed by atoms with Crippen LogP contribution >= 0.6 is 0 Å². The molecule has 0 spiro atoms. The van der Waals surface area contributed by atoms with Crippen molar-refractivity contribution in [3.63, 3.8) is 0 Å². The van der Waals surface area contributed by atoms with Gasteiger partial charge in [0.25, 0.3) is 5.91 Å². The summed E-state index contributed by atoms with van der Waals surface area (Å²) < 4.78 is 0. The lowest BCUT2D eigenvalue weighted by atomic mass is 10.1. The summed E-state index contributed by atoms with van der Waals surface area (Å²) in [7, 11) is 1.60. The highest BCUT2D eigenvalue weighted by atomic mass is 16.2. The number of hydrogen-bond donors (Lipinski definition) is 1. The second-order valence-corrected chi connectivity index (χ2v) is 6.67. The zero-order valence-corrected chi connectivity index (χ0v) is 14.8. The molecule has 8 heteroatoms. The maximum atomic E-state index is 12.8. The number of nitrogens with one attached hydrogen (secondary N) is 1. The number of carbonyl (C=O) groups is 2. The number of hydrazone groups is 1. The van der Waals surface area contributed by atoms with Crippen molar-refractivity contribution in [2.75, 3.05) is 38.1 Å². The number of H-pyrrole nitrogens is 1. The van der Waals surface area contributed by atoms with Gasteiger partial charge in [0.1, 0.15) is 5.71 Å². The number of nitrogens with zero attached hydrogens (tertiary/aromatic N) is 5. The number of imidazole rings is 1. The smallest absolute Gasteiger partial charge is 0.270 e. The Morgan fingerprint density at radius 1 is 1.12 bits per heavy atom. The fraction of sp³-hybridized carbons (Fsp3) is 0.444. The van der Waals surface area contributed by atoms with E-state index in [1.54, 1.807) is 7.05 Å². The van der Waals surface area contributed by atoms with Crippen LogP contribution in [0.15, 0.2) is 29.4 Å². The van der Waals surface area contributed by atoms with Crippen LogP contribution in [0.1, 0.15) is 19.3 Å². The van der Waals surface area contributed by atoms with E-state index in [0.717, 1.165) is 29.9 Å². The first kappa shape index (κ1) is 16.6. The van der Waals surface area contributed by atoms with Crippen molar-refractivity contribution in [1.29, 1.82) is 0 Å². The molecule has 8 nitrogen and oxygen atoms in total. The molecule has 1 N–H and O–H groups in total. The van der Waals surface area contributed by atoms with Gasteiger partial charge >= 0.3 is 0 Å². The summed E-state index contributed by atoms with van der Waals surface area (Å²) in [5.41, 5.74) is 2.44. The zero-order valence-electron chi connectivity index (χ0n) is 14.8. The topological polar surface area (TPSA) is 84.9 Å². The molecule has 136 valence electrons. The molecular weight excluding hydrogens is 332 g/mol. The molecule has 0 unspecified atom stereocenters. The van der Waals surface area contributed by atoms with Crippen LogP contribution in [0, 0.1) is 0 Å². The maximum absolute atomic E-state index is 12.8. The van der Waals surface area contributed by atoms with E-state index in [1.165, 1.54) is 5.01 Å². The van der Waals surface area contributed by atoms with Crippen molar-refractivity contribution >= 4 is 34.5 Å². The third-order valence-corrected chi connectivity index (χ3v) is 4.91. The number of para-hydroxylation sites is 2. The van der Waals surface area contributed by atoms with E-state index in [-0.39, 0.29) is 11.8 Å². The second kappa shape index (κ2) is 6.78. The molecule has 2 aliphatic heterocycles. The second-order valence-electron chi connectivity index (χ2n) is 6.67. The van der Waals surface area contributed by atoms with Crippen LogP contribution in [-0.4, -0.2) is 70.6 Å². The van der Waals surface area contributed by atoms with Crippen LogP contribution in [0.2, 0.25) is 0 Å². The summed E-state index contributed by atoms with van der Waals surface area (Å²) in [6.45, 7) is 2.86. The molecule has 1 aromatic heterocycles. The molecular formula is C18H22N6O2. The fourth-order valence-corrected chi connectivity index (χ4v) is 3.43. The Labute approximate surface area is 151 Å². The Kier molecular flexibility index (Phi) is 4.32. The molecule has 2 aromatic rings. The van der Waals surface area contributed by atoms with Crippen LogP contribution in [0.25, 0.3) is 11.0 Å². The van der Waals surface area contributed by atoms with E-state index in [2.05, 4.69) is 20.0 Å². The normalized spacial score (nSPS) is 18.9. The van der Waals surface area contributed by atoms with Crippen molar-refractivity contribution in [3.8, 4) is 0 Å². The van der Waals surface area contributed by atoms with Crippen molar-refractivity contribution < 1.29 is 9.59 Å². The lowest BCUT2D eigenvalue weighted by Crippen LogP contribution is -2.42. The van der Waals surface area contributed by atoms with E-state index >= 15 is 0 Å². The minimum Gasteiger partial charge on any atom is -0.341 e. The average molecular weight is 354 g/mol. The number of rotatable bonds is 2. The summed E-state index contributed by atoms with van der Waals surface area (Å²) in [5.74, 6) is 0.741. The van der Waals surface area contributed by atoms with Gasteiger partial charge in [0, 0.05) is 46.1 Å². The molecule has 4 rings (SSSR count). The van der Waals surface area contributed by atoms with E-state index in [0.29, 0.717) is 38.2 Å². The number of fused-ring (bicyclic) bond motifs is 1. The molecule has 26 heavy (non-hydrogen) atoms. The Bertz CT molecular complexity index is 840. The van der Waals surface area contributed by atoms with Gasteiger partial charge in [-0.2, -0.15) is 5.10 Å². The predicted molar refractivity (Wildman–Crippen MR) is 98.9 cm³/mol. The number of aromatic amines is 1. The summed E-state index contributed by atoms with van der Waals surface area (Å²) in [6, 6.07) is 7.96. The van der Waals surface area contributed by atoms with Crippen molar-refractivity contribution in [2.24, 2.45) is 5.10 Å². The Morgan fingerprint density at radius 3 is 2.77 bits per heavy atom. The van der Waals surface area contributed by atoms with E-state index in [9.17, 15) is 9.59 Å². The number of benzene rings is 1. The van der Waals surface area contributed by atoms with Gasteiger partial charge in [-0.15, -0.1) is 0 Å². The quantitative estimate of drug-likeness (QED) is 0.878. The molecule has 0 radical (unpaired) electrons. The van der Waals surface area contributed by atoms with Crippen molar-refractivity contribution in [1.82, 2.24) is 19.9 Å². The molecule has 0 bridgehead atoms. The van der Waals surface area contributed by atoms with Gasteiger partial charge in [-0.05, 0) is 18.6 Å². The number of carbonyl (C=O) groups excluding carboxylic acids is 2.